The van der Waals surface area contributed by atoms with Gasteiger partial charge in [-0.3, -0.25) is 14.9 Å². The van der Waals surface area contributed by atoms with Gasteiger partial charge in [0.25, 0.3) is 0 Å². The lowest BCUT2D eigenvalue weighted by molar-refractivity contribution is -0.126. The molecule has 158 valence electrons. The minimum absolute atomic E-state index is 0.0293. The Bertz CT molecular complexity index is 982. The number of nitrogens with one attached hydrogen (secondary N) is 1. The van der Waals surface area contributed by atoms with Crippen molar-refractivity contribution in [3.63, 3.8) is 0 Å². The Balaban J connectivity index is 1.68. The molecule has 1 saturated heterocycles. The van der Waals surface area contributed by atoms with Crippen LogP contribution in [0.5, 0.6) is 23.5 Å². The summed E-state index contributed by atoms with van der Waals surface area (Å²) in [6.07, 6.45) is 1.02. The Morgan fingerprint density at radius 3 is 2.47 bits per heavy atom. The van der Waals surface area contributed by atoms with Crippen LogP contribution in [0.3, 0.4) is 0 Å². The lowest BCUT2D eigenvalue weighted by atomic mass is 9.69. The summed E-state index contributed by atoms with van der Waals surface area (Å²) in [5, 5.41) is 1.93. The van der Waals surface area contributed by atoms with Crippen LogP contribution in [0.2, 0.25) is 0 Å². The number of ether oxygens (including phenoxy) is 3. The number of nitrogens with zero attached hydrogens (tertiary/aromatic N) is 2. The van der Waals surface area contributed by atoms with Gasteiger partial charge < -0.3 is 14.2 Å². The lowest BCUT2D eigenvalue weighted by Gasteiger charge is -2.41. The van der Waals surface area contributed by atoms with Gasteiger partial charge in [-0.2, -0.15) is 9.97 Å². The molecule has 2 fully saturated rings. The van der Waals surface area contributed by atoms with E-state index >= 15 is 0 Å². The van der Waals surface area contributed by atoms with E-state index in [1.54, 1.807) is 18.2 Å². The number of rotatable bonds is 5. The molecule has 2 aromatic rings. The number of hydrogen-bond acceptors (Lipinski definition) is 7. The Morgan fingerprint density at radius 1 is 1.10 bits per heavy atom. The summed E-state index contributed by atoms with van der Waals surface area (Å²) in [5.74, 6) is -1.08. The predicted molar refractivity (Wildman–Crippen MR) is 108 cm³/mol. The largest absolute Gasteiger partial charge is 0.481 e. The Hall–Kier alpha value is -2.58. The maximum atomic E-state index is 12.6. The third kappa shape index (κ3) is 3.44. The van der Waals surface area contributed by atoms with Gasteiger partial charge in [-0.15, -0.1) is 23.2 Å². The SMILES string of the molecule is COc1cc(OC)nc(Oc2cccc(C3C(Cl)CCC4C(=O)NC(=O)C43Cl)c2)n1. The second kappa shape index (κ2) is 7.92. The summed E-state index contributed by atoms with van der Waals surface area (Å²) in [6, 6.07) is 8.55. The number of carbonyl (C=O) groups is 2. The van der Waals surface area contributed by atoms with Gasteiger partial charge in [0.1, 0.15) is 10.6 Å². The van der Waals surface area contributed by atoms with E-state index in [1.165, 1.54) is 20.3 Å². The van der Waals surface area contributed by atoms with Gasteiger partial charge in [-0.1, -0.05) is 12.1 Å². The van der Waals surface area contributed by atoms with Crippen LogP contribution in [0.4, 0.5) is 0 Å². The summed E-state index contributed by atoms with van der Waals surface area (Å²) in [7, 11) is 2.94. The van der Waals surface area contributed by atoms with E-state index in [4.69, 9.17) is 37.4 Å². The smallest absolute Gasteiger partial charge is 0.328 e. The zero-order valence-corrected chi connectivity index (χ0v) is 17.7. The Labute approximate surface area is 182 Å². The molecule has 1 aromatic heterocycles. The molecular formula is C20H19Cl2N3O5. The van der Waals surface area contributed by atoms with Crippen LogP contribution in [0.1, 0.15) is 24.3 Å². The fourth-order valence-corrected chi connectivity index (χ4v) is 5.13. The van der Waals surface area contributed by atoms with Crippen molar-refractivity contribution in [3.8, 4) is 23.5 Å². The third-order valence-electron chi connectivity index (χ3n) is 5.46. The zero-order chi connectivity index (χ0) is 21.5. The highest BCUT2D eigenvalue weighted by atomic mass is 35.5. The molecule has 1 saturated carbocycles. The van der Waals surface area contributed by atoms with Gasteiger partial charge in [0.15, 0.2) is 0 Å². The molecule has 1 N–H and O–H groups in total. The van der Waals surface area contributed by atoms with Gasteiger partial charge in [0.2, 0.25) is 23.6 Å². The lowest BCUT2D eigenvalue weighted by Crippen LogP contribution is -2.49. The van der Waals surface area contributed by atoms with E-state index in [0.29, 0.717) is 24.2 Å². The topological polar surface area (TPSA) is 99.6 Å². The molecule has 30 heavy (non-hydrogen) atoms. The molecule has 4 rings (SSSR count). The number of hydrogen-bond donors (Lipinski definition) is 1. The predicted octanol–water partition coefficient (Wildman–Crippen LogP) is 3.02. The van der Waals surface area contributed by atoms with Crippen LogP contribution < -0.4 is 19.5 Å². The minimum atomic E-state index is -1.43. The van der Waals surface area contributed by atoms with Gasteiger partial charge >= 0.3 is 6.01 Å². The average Bonchev–Trinajstić information content (AvgIpc) is 2.95. The zero-order valence-electron chi connectivity index (χ0n) is 16.2. The summed E-state index contributed by atoms with van der Waals surface area (Å²) in [5.41, 5.74) is 0.687. The van der Waals surface area contributed by atoms with Crippen molar-refractivity contribution >= 4 is 35.0 Å². The highest BCUT2D eigenvalue weighted by Gasteiger charge is 2.62. The van der Waals surface area contributed by atoms with Crippen molar-refractivity contribution in [3.05, 3.63) is 35.9 Å². The van der Waals surface area contributed by atoms with Crippen LogP contribution >= 0.6 is 23.2 Å². The second-order valence-electron chi connectivity index (χ2n) is 7.12. The van der Waals surface area contributed by atoms with Gasteiger partial charge in [-0.05, 0) is 30.5 Å². The number of carbonyl (C=O) groups excluding carboxylic acids is 2. The quantitative estimate of drug-likeness (QED) is 0.550. The molecule has 0 bridgehead atoms. The van der Waals surface area contributed by atoms with Crippen molar-refractivity contribution in [2.45, 2.75) is 29.0 Å². The monoisotopic (exact) mass is 451 g/mol. The number of benzene rings is 1. The van der Waals surface area contributed by atoms with Gasteiger partial charge in [-0.25, -0.2) is 0 Å². The third-order valence-corrected chi connectivity index (χ3v) is 6.60. The van der Waals surface area contributed by atoms with E-state index in [0.717, 1.165) is 0 Å². The molecule has 2 aliphatic rings. The first kappa shape index (κ1) is 20.7. The summed E-state index contributed by atoms with van der Waals surface area (Å²) >= 11 is 13.4. The second-order valence-corrected chi connectivity index (χ2v) is 8.31. The molecule has 2 amide bonds. The molecule has 4 unspecified atom stereocenters. The van der Waals surface area contributed by atoms with E-state index in [9.17, 15) is 9.59 Å². The van der Waals surface area contributed by atoms with Crippen molar-refractivity contribution in [2.75, 3.05) is 14.2 Å². The molecule has 1 aromatic carbocycles. The van der Waals surface area contributed by atoms with E-state index < -0.39 is 28.0 Å². The molecule has 4 atom stereocenters. The number of methoxy groups -OCH3 is 2. The number of alkyl halides is 2. The maximum Gasteiger partial charge on any atom is 0.328 e. The minimum Gasteiger partial charge on any atom is -0.481 e. The van der Waals surface area contributed by atoms with Gasteiger partial charge in [0.05, 0.1) is 26.2 Å². The normalized spacial score (nSPS) is 27.9. The molecule has 1 aliphatic carbocycles. The first-order chi connectivity index (χ1) is 14.4. The summed E-state index contributed by atoms with van der Waals surface area (Å²) in [6.45, 7) is 0. The molecule has 1 aliphatic heterocycles. The molecular weight excluding hydrogens is 433 g/mol. The average molecular weight is 452 g/mol. The fraction of sp³-hybridized carbons (Fsp3) is 0.400. The van der Waals surface area contributed by atoms with Crippen LogP contribution in [0.25, 0.3) is 0 Å². The molecule has 8 nitrogen and oxygen atoms in total. The van der Waals surface area contributed by atoms with Crippen molar-refractivity contribution in [1.82, 2.24) is 15.3 Å². The van der Waals surface area contributed by atoms with Crippen LogP contribution in [-0.4, -0.2) is 46.3 Å². The first-order valence-electron chi connectivity index (χ1n) is 9.30. The van der Waals surface area contributed by atoms with Crippen molar-refractivity contribution in [1.29, 1.82) is 0 Å². The van der Waals surface area contributed by atoms with Crippen LogP contribution in [0, 0.1) is 5.92 Å². The highest BCUT2D eigenvalue weighted by Crippen LogP contribution is 2.53. The highest BCUT2D eigenvalue weighted by molar-refractivity contribution is 6.41. The number of fused-ring (bicyclic) bond motifs is 1. The Morgan fingerprint density at radius 2 is 1.80 bits per heavy atom. The summed E-state index contributed by atoms with van der Waals surface area (Å²) in [4.78, 5) is 31.7. The van der Waals surface area contributed by atoms with E-state index in [1.807, 2.05) is 6.07 Å². The fourth-order valence-electron chi connectivity index (χ4n) is 4.07. The van der Waals surface area contributed by atoms with E-state index in [2.05, 4.69) is 15.3 Å². The van der Waals surface area contributed by atoms with Crippen molar-refractivity contribution < 1.29 is 23.8 Å². The maximum absolute atomic E-state index is 12.6. The molecule has 2 heterocycles. The number of amides is 2. The van der Waals surface area contributed by atoms with Crippen molar-refractivity contribution in [2.24, 2.45) is 5.92 Å². The molecule has 0 spiro atoms. The number of imide groups is 1. The standard InChI is InChI=1S/C20H19Cl2N3O5/c1-28-14-9-15(29-2)24-19(23-14)30-11-5-3-4-10(8-11)16-13(21)7-6-12-17(26)25-18(27)20(12,16)22/h3-5,8-9,12-13,16H,6-7H2,1-2H3,(H,25,26,27). The first-order valence-corrected chi connectivity index (χ1v) is 10.1. The van der Waals surface area contributed by atoms with Crippen LogP contribution in [0.15, 0.2) is 30.3 Å². The van der Waals surface area contributed by atoms with Crippen LogP contribution in [-0.2, 0) is 9.59 Å². The number of aromatic nitrogens is 2. The summed E-state index contributed by atoms with van der Waals surface area (Å²) < 4.78 is 16.0. The van der Waals surface area contributed by atoms with E-state index in [-0.39, 0.29) is 23.7 Å². The molecule has 10 heteroatoms. The molecule has 0 radical (unpaired) electrons. The van der Waals surface area contributed by atoms with Gasteiger partial charge in [0, 0.05) is 11.3 Å². The number of halogens is 2. The Kier molecular flexibility index (Phi) is 5.46.